The number of halogens is 3. The van der Waals surface area contributed by atoms with Gasteiger partial charge in [0.1, 0.15) is 6.04 Å². The van der Waals surface area contributed by atoms with Gasteiger partial charge in [-0.15, -0.1) is 0 Å². The maximum absolute atomic E-state index is 14.1. The summed E-state index contributed by atoms with van der Waals surface area (Å²) in [5.74, 6) is -5.06. The Bertz CT molecular complexity index is 1520. The summed E-state index contributed by atoms with van der Waals surface area (Å²) < 4.78 is 45.3. The highest BCUT2D eigenvalue weighted by atomic mass is 19.4. The molecule has 3 atom stereocenters. The second-order valence-electron chi connectivity index (χ2n) is 11.7. The standard InChI is InChI=1S/C33H29F3N2O5/c1-17(2)15-24(32(42)43-16-25(39)37-23-14-8-7-13-22(23)33(34,35)36)38-30(40)28-26-18-9-3-4-10-19(18)27(29(28)31(38)41)21-12-6-5-11-20(21)26/h3-14,17,24,26-29H,15-16H2,1-2H3,(H,37,39)/t24-,26?,27?,28-,29+/m0/s1. The number of para-hydroxylation sites is 1. The van der Waals surface area contributed by atoms with Gasteiger partial charge >= 0.3 is 12.1 Å². The first-order valence-corrected chi connectivity index (χ1v) is 14.2. The van der Waals surface area contributed by atoms with Crippen LogP contribution in [-0.2, 0) is 30.1 Å². The van der Waals surface area contributed by atoms with Crippen molar-refractivity contribution in [2.75, 3.05) is 11.9 Å². The molecule has 1 saturated heterocycles. The van der Waals surface area contributed by atoms with Crippen LogP contribution in [0.2, 0.25) is 0 Å². The molecule has 7 rings (SSSR count). The minimum atomic E-state index is -4.70. The van der Waals surface area contributed by atoms with Gasteiger partial charge in [-0.25, -0.2) is 4.79 Å². The summed E-state index contributed by atoms with van der Waals surface area (Å²) in [5, 5.41) is 2.14. The van der Waals surface area contributed by atoms with E-state index in [-0.39, 0.29) is 24.2 Å². The molecule has 3 aromatic rings. The molecule has 1 aliphatic heterocycles. The van der Waals surface area contributed by atoms with Gasteiger partial charge in [-0.1, -0.05) is 74.5 Å². The summed E-state index contributed by atoms with van der Waals surface area (Å²) in [6.07, 6.45) is -4.60. The van der Waals surface area contributed by atoms with Crippen LogP contribution < -0.4 is 5.32 Å². The number of alkyl halides is 3. The van der Waals surface area contributed by atoms with Crippen molar-refractivity contribution in [2.45, 2.75) is 44.3 Å². The van der Waals surface area contributed by atoms with Crippen LogP contribution in [0.3, 0.4) is 0 Å². The summed E-state index contributed by atoms with van der Waals surface area (Å²) in [6, 6.07) is 18.7. The number of carbonyl (C=O) groups excluding carboxylic acids is 4. The molecule has 1 heterocycles. The minimum Gasteiger partial charge on any atom is -0.454 e. The van der Waals surface area contributed by atoms with E-state index in [9.17, 15) is 32.3 Å². The van der Waals surface area contributed by atoms with Crippen molar-refractivity contribution in [1.82, 2.24) is 4.90 Å². The number of likely N-dealkylation sites (tertiary alicyclic amines) is 1. The highest BCUT2D eigenvalue weighted by molar-refractivity contribution is 6.10. The van der Waals surface area contributed by atoms with Gasteiger partial charge in [-0.3, -0.25) is 19.3 Å². The summed E-state index contributed by atoms with van der Waals surface area (Å²) in [7, 11) is 0. The molecule has 10 heteroatoms. The molecule has 2 bridgehead atoms. The second-order valence-corrected chi connectivity index (χ2v) is 11.7. The summed E-state index contributed by atoms with van der Waals surface area (Å²) in [5.41, 5.74) is 2.46. The number of nitrogens with zero attached hydrogens (tertiary/aromatic N) is 1. The van der Waals surface area contributed by atoms with Crippen molar-refractivity contribution in [2.24, 2.45) is 17.8 Å². The van der Waals surface area contributed by atoms with Crippen molar-refractivity contribution in [1.29, 1.82) is 0 Å². The fourth-order valence-electron chi connectivity index (χ4n) is 7.02. The van der Waals surface area contributed by atoms with Gasteiger partial charge < -0.3 is 10.1 Å². The zero-order valence-electron chi connectivity index (χ0n) is 23.4. The average molecular weight is 591 g/mol. The summed E-state index contributed by atoms with van der Waals surface area (Å²) in [6.45, 7) is 2.77. The molecular formula is C33H29F3N2O5. The highest BCUT2D eigenvalue weighted by Gasteiger charge is 2.63. The molecule has 4 aliphatic rings. The van der Waals surface area contributed by atoms with Crippen LogP contribution in [0.4, 0.5) is 18.9 Å². The third kappa shape index (κ3) is 4.78. The molecule has 0 saturated carbocycles. The monoisotopic (exact) mass is 590 g/mol. The molecule has 1 N–H and O–H groups in total. The molecule has 0 aromatic heterocycles. The third-order valence-corrected chi connectivity index (χ3v) is 8.61. The molecule has 3 aliphatic carbocycles. The van der Waals surface area contributed by atoms with Crippen molar-refractivity contribution in [3.05, 3.63) is 101 Å². The Balaban J connectivity index is 1.25. The van der Waals surface area contributed by atoms with Crippen molar-refractivity contribution in [3.63, 3.8) is 0 Å². The molecule has 222 valence electrons. The molecular weight excluding hydrogens is 561 g/mol. The number of benzene rings is 3. The Morgan fingerprint density at radius 3 is 1.74 bits per heavy atom. The van der Waals surface area contributed by atoms with E-state index in [0.717, 1.165) is 39.3 Å². The lowest BCUT2D eigenvalue weighted by atomic mass is 9.55. The van der Waals surface area contributed by atoms with E-state index in [4.69, 9.17) is 4.74 Å². The molecule has 43 heavy (non-hydrogen) atoms. The number of ether oxygens (including phenoxy) is 1. The Hall–Kier alpha value is -4.47. The molecule has 0 unspecified atom stereocenters. The molecule has 7 nitrogen and oxygen atoms in total. The summed E-state index contributed by atoms with van der Waals surface area (Å²) >= 11 is 0. The first-order chi connectivity index (χ1) is 20.5. The molecule has 0 radical (unpaired) electrons. The van der Waals surface area contributed by atoms with Crippen LogP contribution in [0, 0.1) is 17.8 Å². The van der Waals surface area contributed by atoms with E-state index in [1.165, 1.54) is 12.1 Å². The van der Waals surface area contributed by atoms with Crippen molar-refractivity contribution < 1.29 is 37.1 Å². The fraction of sp³-hybridized carbons (Fsp3) is 0.333. The number of imide groups is 1. The largest absolute Gasteiger partial charge is 0.454 e. The number of hydrogen-bond acceptors (Lipinski definition) is 5. The molecule has 1 fully saturated rings. The van der Waals surface area contributed by atoms with E-state index >= 15 is 0 Å². The Labute approximate surface area is 246 Å². The number of carbonyl (C=O) groups is 4. The number of rotatable bonds is 7. The zero-order valence-corrected chi connectivity index (χ0v) is 23.4. The molecule has 0 spiro atoms. The van der Waals surface area contributed by atoms with E-state index in [2.05, 4.69) is 5.32 Å². The van der Waals surface area contributed by atoms with Crippen LogP contribution in [-0.4, -0.2) is 41.2 Å². The van der Waals surface area contributed by atoms with E-state index in [0.29, 0.717) is 0 Å². The van der Waals surface area contributed by atoms with Gasteiger partial charge in [0.2, 0.25) is 11.8 Å². The van der Waals surface area contributed by atoms with Crippen molar-refractivity contribution >= 4 is 29.4 Å². The van der Waals surface area contributed by atoms with E-state index in [1.54, 1.807) is 0 Å². The number of amides is 3. The SMILES string of the molecule is CC(C)C[C@@H](C(=O)OCC(=O)Nc1ccccc1C(F)(F)F)N1C(=O)[C@@H]2C3c4ccccc4C(c4ccccc43)[C@@H]2C1=O. The topological polar surface area (TPSA) is 92.8 Å². The number of esters is 1. The maximum atomic E-state index is 14.1. The third-order valence-electron chi connectivity index (χ3n) is 8.61. The van der Waals surface area contributed by atoms with Crippen LogP contribution in [0.1, 0.15) is 59.9 Å². The van der Waals surface area contributed by atoms with E-state index in [1.807, 2.05) is 62.4 Å². The fourth-order valence-corrected chi connectivity index (χ4v) is 7.02. The van der Waals surface area contributed by atoms with Gasteiger partial charge in [0.05, 0.1) is 23.1 Å². The van der Waals surface area contributed by atoms with Crippen LogP contribution in [0.5, 0.6) is 0 Å². The zero-order chi connectivity index (χ0) is 30.6. The first kappa shape index (κ1) is 28.6. The van der Waals surface area contributed by atoms with E-state index < -0.39 is 65.6 Å². The lowest BCUT2D eigenvalue weighted by Gasteiger charge is -2.45. The number of anilines is 1. The number of nitrogens with one attached hydrogen (secondary N) is 1. The predicted molar refractivity (Wildman–Crippen MR) is 150 cm³/mol. The maximum Gasteiger partial charge on any atom is 0.418 e. The normalized spacial score (nSPS) is 22.6. The van der Waals surface area contributed by atoms with Gasteiger partial charge in [0.25, 0.3) is 5.91 Å². The lowest BCUT2D eigenvalue weighted by Crippen LogP contribution is -2.47. The molecule has 3 aromatic carbocycles. The van der Waals surface area contributed by atoms with Gasteiger partial charge in [0, 0.05) is 11.8 Å². The van der Waals surface area contributed by atoms with Gasteiger partial charge in [0.15, 0.2) is 6.61 Å². The van der Waals surface area contributed by atoms with Crippen LogP contribution in [0.25, 0.3) is 0 Å². The van der Waals surface area contributed by atoms with Crippen LogP contribution >= 0.6 is 0 Å². The average Bonchev–Trinajstić information content (AvgIpc) is 3.24. The second kappa shape index (κ2) is 10.7. The Morgan fingerprint density at radius 2 is 1.28 bits per heavy atom. The van der Waals surface area contributed by atoms with Crippen LogP contribution in [0.15, 0.2) is 72.8 Å². The summed E-state index contributed by atoms with van der Waals surface area (Å²) in [4.78, 5) is 55.2. The van der Waals surface area contributed by atoms with Gasteiger partial charge in [-0.05, 0) is 46.7 Å². The number of hydrogen-bond donors (Lipinski definition) is 1. The predicted octanol–water partition coefficient (Wildman–Crippen LogP) is 5.49. The quantitative estimate of drug-likeness (QED) is 0.290. The highest BCUT2D eigenvalue weighted by Crippen LogP contribution is 2.61. The Kier molecular flexibility index (Phi) is 7.10. The lowest BCUT2D eigenvalue weighted by molar-refractivity contribution is -0.160. The van der Waals surface area contributed by atoms with Gasteiger partial charge in [-0.2, -0.15) is 13.2 Å². The Morgan fingerprint density at radius 1 is 0.814 bits per heavy atom. The smallest absolute Gasteiger partial charge is 0.418 e. The molecule has 3 amide bonds. The minimum absolute atomic E-state index is 0.101. The first-order valence-electron chi connectivity index (χ1n) is 14.2. The van der Waals surface area contributed by atoms with Crippen molar-refractivity contribution in [3.8, 4) is 0 Å².